The van der Waals surface area contributed by atoms with Crippen LogP contribution in [0.2, 0.25) is 5.02 Å². The van der Waals surface area contributed by atoms with Gasteiger partial charge in [-0.15, -0.1) is 11.3 Å². The smallest absolute Gasteiger partial charge is 0.0847 e. The minimum atomic E-state index is -0.0544. The average molecular weight is 320 g/mol. The molecule has 1 atom stereocenters. The van der Waals surface area contributed by atoms with E-state index in [1.807, 2.05) is 11.6 Å². The summed E-state index contributed by atoms with van der Waals surface area (Å²) in [5.41, 5.74) is 8.30. The van der Waals surface area contributed by atoms with Crippen molar-refractivity contribution in [2.24, 2.45) is 5.73 Å². The Morgan fingerprint density at radius 3 is 2.86 bits per heavy atom. The van der Waals surface area contributed by atoms with Gasteiger partial charge in [0, 0.05) is 28.6 Å². The highest BCUT2D eigenvalue weighted by molar-refractivity contribution is 7.19. The minimum Gasteiger partial charge on any atom is -0.323 e. The zero-order valence-corrected chi connectivity index (χ0v) is 13.7. The lowest BCUT2D eigenvalue weighted by atomic mass is 10.1. The van der Waals surface area contributed by atoms with Gasteiger partial charge in [-0.05, 0) is 31.4 Å². The zero-order valence-electron chi connectivity index (χ0n) is 12.1. The summed E-state index contributed by atoms with van der Waals surface area (Å²) in [5, 5.41) is 6.44. The minimum absolute atomic E-state index is 0.0544. The highest BCUT2D eigenvalue weighted by atomic mass is 35.5. The van der Waals surface area contributed by atoms with Gasteiger partial charge in [0.05, 0.1) is 16.4 Å². The van der Waals surface area contributed by atoms with Crippen molar-refractivity contribution in [2.45, 2.75) is 32.9 Å². The van der Waals surface area contributed by atoms with Crippen LogP contribution in [-0.4, -0.2) is 9.78 Å². The van der Waals surface area contributed by atoms with Gasteiger partial charge in [0.1, 0.15) is 0 Å². The first-order chi connectivity index (χ1) is 10.1. The number of aryl methyl sites for hydroxylation is 2. The van der Waals surface area contributed by atoms with Crippen LogP contribution in [0.4, 0.5) is 0 Å². The number of nitrogens with two attached hydrogens (primary N) is 1. The lowest BCUT2D eigenvalue weighted by molar-refractivity contribution is 0.590. The molecule has 2 N–H and O–H groups in total. The van der Waals surface area contributed by atoms with Crippen molar-refractivity contribution in [1.29, 1.82) is 0 Å². The highest BCUT2D eigenvalue weighted by Gasteiger charge is 2.18. The van der Waals surface area contributed by atoms with E-state index in [9.17, 15) is 0 Å². The molecular weight excluding hydrogens is 302 g/mol. The molecule has 1 unspecified atom stereocenters. The number of fused-ring (bicyclic) bond motifs is 1. The fourth-order valence-electron chi connectivity index (χ4n) is 2.56. The molecule has 3 rings (SSSR count). The van der Waals surface area contributed by atoms with E-state index in [1.165, 1.54) is 15.0 Å². The first-order valence-corrected chi connectivity index (χ1v) is 8.25. The van der Waals surface area contributed by atoms with E-state index in [2.05, 4.69) is 42.4 Å². The number of thiophene rings is 1. The maximum absolute atomic E-state index is 6.40. The van der Waals surface area contributed by atoms with Crippen molar-refractivity contribution < 1.29 is 0 Å². The number of nitrogens with zero attached hydrogens (tertiary/aromatic N) is 2. The second-order valence-corrected chi connectivity index (χ2v) is 6.65. The number of benzene rings is 1. The molecule has 0 radical (unpaired) electrons. The van der Waals surface area contributed by atoms with Crippen LogP contribution in [0.1, 0.15) is 29.2 Å². The van der Waals surface area contributed by atoms with Gasteiger partial charge in [0.2, 0.25) is 0 Å². The number of aromatic nitrogens is 2. The third-order valence-electron chi connectivity index (χ3n) is 3.68. The van der Waals surface area contributed by atoms with Gasteiger partial charge in [-0.25, -0.2) is 0 Å². The molecule has 0 amide bonds. The Labute approximate surface area is 133 Å². The van der Waals surface area contributed by atoms with Gasteiger partial charge in [0.15, 0.2) is 0 Å². The van der Waals surface area contributed by atoms with Gasteiger partial charge < -0.3 is 5.73 Å². The number of hydrogen-bond donors (Lipinski definition) is 1. The van der Waals surface area contributed by atoms with Crippen LogP contribution in [0.25, 0.3) is 10.1 Å². The number of halogens is 1. The third kappa shape index (κ3) is 2.71. The number of rotatable bonds is 4. The fraction of sp³-hybridized carbons (Fsp3) is 0.312. The van der Waals surface area contributed by atoms with Crippen molar-refractivity contribution in [2.75, 3.05) is 0 Å². The molecule has 3 aromatic rings. The van der Waals surface area contributed by atoms with Crippen molar-refractivity contribution in [3.05, 3.63) is 51.6 Å². The van der Waals surface area contributed by atoms with Crippen LogP contribution in [0, 0.1) is 6.92 Å². The normalized spacial score (nSPS) is 13.0. The Bertz CT molecular complexity index is 742. The Morgan fingerprint density at radius 2 is 2.14 bits per heavy atom. The van der Waals surface area contributed by atoms with Crippen molar-refractivity contribution in [3.63, 3.8) is 0 Å². The maximum atomic E-state index is 6.40. The molecule has 0 bridgehead atoms. The Morgan fingerprint density at radius 1 is 1.38 bits per heavy atom. The molecule has 1 aromatic carbocycles. The summed E-state index contributed by atoms with van der Waals surface area (Å²) in [6, 6.07) is 10.5. The molecular formula is C16H18ClN3S. The van der Waals surface area contributed by atoms with Crippen LogP contribution in [-0.2, 0) is 13.0 Å². The number of hydrogen-bond acceptors (Lipinski definition) is 3. The van der Waals surface area contributed by atoms with Gasteiger partial charge in [0.25, 0.3) is 0 Å². The summed E-state index contributed by atoms with van der Waals surface area (Å²) in [7, 11) is 0. The molecule has 0 aliphatic carbocycles. The van der Waals surface area contributed by atoms with Crippen LogP contribution >= 0.6 is 22.9 Å². The van der Waals surface area contributed by atoms with E-state index in [0.717, 1.165) is 23.0 Å². The Balaban J connectivity index is 1.91. The van der Waals surface area contributed by atoms with E-state index in [4.69, 9.17) is 17.3 Å². The molecule has 2 heterocycles. The van der Waals surface area contributed by atoms with Gasteiger partial charge >= 0.3 is 0 Å². The fourth-order valence-corrected chi connectivity index (χ4v) is 3.84. The highest BCUT2D eigenvalue weighted by Crippen LogP contribution is 2.32. The van der Waals surface area contributed by atoms with Crippen molar-refractivity contribution in [1.82, 2.24) is 9.78 Å². The average Bonchev–Trinajstić information content (AvgIpc) is 3.03. The summed E-state index contributed by atoms with van der Waals surface area (Å²) in [4.78, 5) is 1.19. The SMILES string of the molecule is CCn1nc(C)c(Cl)c1CC(N)c1cc2ccccc2s1. The zero-order chi connectivity index (χ0) is 15.0. The first kappa shape index (κ1) is 14.6. The first-order valence-electron chi connectivity index (χ1n) is 7.06. The summed E-state index contributed by atoms with van der Waals surface area (Å²) < 4.78 is 3.22. The molecule has 5 heteroatoms. The Kier molecular flexibility index (Phi) is 4.02. The van der Waals surface area contributed by atoms with E-state index in [-0.39, 0.29) is 6.04 Å². The second-order valence-electron chi connectivity index (χ2n) is 5.16. The van der Waals surface area contributed by atoms with E-state index >= 15 is 0 Å². The second kappa shape index (κ2) is 5.79. The maximum Gasteiger partial charge on any atom is 0.0847 e. The largest absolute Gasteiger partial charge is 0.323 e. The molecule has 0 spiro atoms. The predicted octanol–water partition coefficient (Wildman–Crippen LogP) is 4.32. The Hall–Kier alpha value is -1.36. The van der Waals surface area contributed by atoms with E-state index in [0.29, 0.717) is 6.42 Å². The molecule has 0 aliphatic heterocycles. The van der Waals surface area contributed by atoms with E-state index in [1.54, 1.807) is 11.3 Å². The van der Waals surface area contributed by atoms with Gasteiger partial charge in [-0.1, -0.05) is 29.8 Å². The van der Waals surface area contributed by atoms with E-state index < -0.39 is 0 Å². The molecule has 110 valence electrons. The molecule has 2 aromatic heterocycles. The van der Waals surface area contributed by atoms with Crippen LogP contribution < -0.4 is 5.73 Å². The van der Waals surface area contributed by atoms with Crippen LogP contribution in [0.15, 0.2) is 30.3 Å². The van der Waals surface area contributed by atoms with Gasteiger partial charge in [-0.2, -0.15) is 5.10 Å². The topological polar surface area (TPSA) is 43.8 Å². The quantitative estimate of drug-likeness (QED) is 0.778. The molecule has 21 heavy (non-hydrogen) atoms. The third-order valence-corrected chi connectivity index (χ3v) is 5.42. The summed E-state index contributed by atoms with van der Waals surface area (Å²) in [5.74, 6) is 0. The lowest BCUT2D eigenvalue weighted by Crippen LogP contribution is -2.15. The molecule has 0 fully saturated rings. The molecule has 0 aliphatic rings. The summed E-state index contributed by atoms with van der Waals surface area (Å²) in [6.45, 7) is 4.81. The summed E-state index contributed by atoms with van der Waals surface area (Å²) >= 11 is 8.12. The van der Waals surface area contributed by atoms with Crippen molar-refractivity contribution in [3.8, 4) is 0 Å². The van der Waals surface area contributed by atoms with Crippen LogP contribution in [0.5, 0.6) is 0 Å². The van der Waals surface area contributed by atoms with Gasteiger partial charge in [-0.3, -0.25) is 4.68 Å². The molecule has 3 nitrogen and oxygen atoms in total. The molecule has 0 saturated heterocycles. The van der Waals surface area contributed by atoms with Crippen LogP contribution in [0.3, 0.4) is 0 Å². The molecule has 0 saturated carbocycles. The standard InChI is InChI=1S/C16H18ClN3S/c1-3-20-13(16(17)10(2)19-20)9-12(18)15-8-11-6-4-5-7-14(11)21-15/h4-8,12H,3,9,18H2,1-2H3. The lowest BCUT2D eigenvalue weighted by Gasteiger charge is -2.11. The van der Waals surface area contributed by atoms with Crippen molar-refractivity contribution >= 4 is 33.0 Å². The predicted molar refractivity (Wildman–Crippen MR) is 90.1 cm³/mol. The monoisotopic (exact) mass is 319 g/mol. The summed E-state index contributed by atoms with van der Waals surface area (Å²) in [6.07, 6.45) is 0.709.